The molecule has 3 aromatic heterocycles. The van der Waals surface area contributed by atoms with Gasteiger partial charge in [-0.3, -0.25) is 15.1 Å². The number of carbonyl (C=O) groups is 2. The molecule has 1 fully saturated rings. The second-order valence-corrected chi connectivity index (χ2v) is 7.82. The van der Waals surface area contributed by atoms with E-state index in [2.05, 4.69) is 37.0 Å². The molecule has 2 N–H and O–H groups in total. The zero-order valence-corrected chi connectivity index (χ0v) is 18.4. The Balaban J connectivity index is 1.43. The Bertz CT molecular complexity index is 1240. The maximum atomic E-state index is 12.5. The summed E-state index contributed by atoms with van der Waals surface area (Å²) in [7, 11) is 1.61. The molecule has 168 valence electrons. The molecule has 3 aromatic rings. The number of rotatable bonds is 6. The minimum absolute atomic E-state index is 0.205. The molecule has 4 rings (SSSR count). The van der Waals surface area contributed by atoms with Gasteiger partial charge in [0, 0.05) is 18.8 Å². The topological polar surface area (TPSA) is 148 Å². The van der Waals surface area contributed by atoms with E-state index in [9.17, 15) is 9.59 Å². The van der Waals surface area contributed by atoms with Gasteiger partial charge in [-0.2, -0.15) is 5.26 Å². The lowest BCUT2D eigenvalue weighted by molar-refractivity contribution is -0.117. The number of halogens is 1. The number of nitrogens with one attached hydrogen (secondary N) is 2. The largest absolute Gasteiger partial charge is 0.441 e. The number of hydrogen-bond donors (Lipinski definition) is 2. The number of aryl methyl sites for hydroxylation is 1. The highest BCUT2D eigenvalue weighted by atomic mass is 35.5. The highest BCUT2D eigenvalue weighted by Gasteiger charge is 2.43. The predicted molar refractivity (Wildman–Crippen MR) is 118 cm³/mol. The Kier molecular flexibility index (Phi) is 6.19. The first-order chi connectivity index (χ1) is 15.9. The van der Waals surface area contributed by atoms with Crippen molar-refractivity contribution in [3.63, 3.8) is 0 Å². The number of nitrogens with zero attached hydrogens (tertiary/aromatic N) is 6. The smallest absolute Gasteiger partial charge is 0.413 e. The van der Waals surface area contributed by atoms with Crippen LogP contribution in [0.2, 0.25) is 5.15 Å². The van der Waals surface area contributed by atoms with Crippen LogP contribution in [0.4, 0.5) is 16.3 Å². The molecule has 3 heterocycles. The SMILES string of the molecule is CC(OC(=O)Nc1c(-c2ccc(NC(=O)C3CC3C#N)cn2)nnn1C)c1cccnc1Cl. The van der Waals surface area contributed by atoms with Gasteiger partial charge in [-0.1, -0.05) is 22.9 Å². The van der Waals surface area contributed by atoms with Gasteiger partial charge in [0.25, 0.3) is 0 Å². The average molecular weight is 467 g/mol. The average Bonchev–Trinajstić information content (AvgIpc) is 3.52. The van der Waals surface area contributed by atoms with Gasteiger partial charge in [0.15, 0.2) is 11.5 Å². The molecule has 0 saturated heterocycles. The first-order valence-electron chi connectivity index (χ1n) is 10.0. The maximum absolute atomic E-state index is 12.5. The van der Waals surface area contributed by atoms with Crippen LogP contribution in [0.3, 0.4) is 0 Å². The molecule has 3 atom stereocenters. The summed E-state index contributed by atoms with van der Waals surface area (Å²) in [5.74, 6) is -0.422. The van der Waals surface area contributed by atoms with E-state index in [4.69, 9.17) is 21.6 Å². The molecule has 0 radical (unpaired) electrons. The van der Waals surface area contributed by atoms with Crippen molar-refractivity contribution in [2.75, 3.05) is 10.6 Å². The van der Waals surface area contributed by atoms with E-state index < -0.39 is 12.2 Å². The summed E-state index contributed by atoms with van der Waals surface area (Å²) in [6, 6.07) is 8.81. The Morgan fingerprint density at radius 1 is 1.30 bits per heavy atom. The second kappa shape index (κ2) is 9.22. The molecular weight excluding hydrogens is 448 g/mol. The van der Waals surface area contributed by atoms with Crippen LogP contribution in [0, 0.1) is 23.2 Å². The summed E-state index contributed by atoms with van der Waals surface area (Å²) >= 11 is 6.06. The lowest BCUT2D eigenvalue weighted by Gasteiger charge is -2.15. The molecule has 33 heavy (non-hydrogen) atoms. The Labute approximate surface area is 193 Å². The molecule has 0 bridgehead atoms. The lowest BCUT2D eigenvalue weighted by Crippen LogP contribution is -2.18. The van der Waals surface area contributed by atoms with Crippen LogP contribution in [0.5, 0.6) is 0 Å². The molecule has 0 spiro atoms. The first-order valence-corrected chi connectivity index (χ1v) is 10.4. The maximum Gasteiger partial charge on any atom is 0.413 e. The van der Waals surface area contributed by atoms with Crippen molar-refractivity contribution in [2.45, 2.75) is 19.4 Å². The predicted octanol–water partition coefficient (Wildman–Crippen LogP) is 3.33. The molecule has 1 aliphatic rings. The molecule has 1 aliphatic carbocycles. The number of carbonyl (C=O) groups excluding carboxylic acids is 2. The number of aromatic nitrogens is 5. The fourth-order valence-electron chi connectivity index (χ4n) is 3.19. The molecule has 1 saturated carbocycles. The zero-order valence-electron chi connectivity index (χ0n) is 17.7. The van der Waals surface area contributed by atoms with Gasteiger partial charge in [0.1, 0.15) is 11.3 Å². The van der Waals surface area contributed by atoms with Crippen LogP contribution in [0.25, 0.3) is 11.4 Å². The van der Waals surface area contributed by atoms with Crippen molar-refractivity contribution in [3.05, 3.63) is 47.4 Å². The van der Waals surface area contributed by atoms with E-state index in [1.807, 2.05) is 0 Å². The fourth-order valence-corrected chi connectivity index (χ4v) is 3.46. The van der Waals surface area contributed by atoms with Crippen molar-refractivity contribution < 1.29 is 14.3 Å². The van der Waals surface area contributed by atoms with Gasteiger partial charge in [-0.25, -0.2) is 14.5 Å². The molecule has 11 nitrogen and oxygen atoms in total. The van der Waals surface area contributed by atoms with Crippen molar-refractivity contribution in [1.82, 2.24) is 25.0 Å². The van der Waals surface area contributed by atoms with E-state index in [1.54, 1.807) is 44.4 Å². The lowest BCUT2D eigenvalue weighted by atomic mass is 10.2. The van der Waals surface area contributed by atoms with Crippen LogP contribution < -0.4 is 10.6 Å². The molecule has 12 heteroatoms. The Morgan fingerprint density at radius 2 is 2.12 bits per heavy atom. The number of amides is 2. The summed E-state index contributed by atoms with van der Waals surface area (Å²) in [5, 5.41) is 22.5. The van der Waals surface area contributed by atoms with Gasteiger partial charge in [0.2, 0.25) is 5.91 Å². The van der Waals surface area contributed by atoms with Gasteiger partial charge in [-0.15, -0.1) is 5.10 Å². The molecule has 3 unspecified atom stereocenters. The fraction of sp³-hybridized carbons (Fsp3) is 0.286. The van der Waals surface area contributed by atoms with Crippen LogP contribution >= 0.6 is 11.6 Å². The third kappa shape index (κ3) is 4.91. The van der Waals surface area contributed by atoms with E-state index in [0.29, 0.717) is 29.1 Å². The standard InChI is InChI=1S/C21H19ClN8O3/c1-11(14-4-3-7-24-18(14)22)33-21(32)27-19-17(28-29-30(19)2)16-6-5-13(10-25-16)26-20(31)15-8-12(15)9-23/h3-7,10-12,15H,8H2,1-2H3,(H,26,31)(H,27,32). The number of anilines is 2. The number of ether oxygens (including phenoxy) is 1. The van der Waals surface area contributed by atoms with E-state index in [-0.39, 0.29) is 28.7 Å². The zero-order chi connectivity index (χ0) is 23.5. The van der Waals surface area contributed by atoms with Gasteiger partial charge in [0.05, 0.1) is 35.5 Å². The van der Waals surface area contributed by atoms with Gasteiger partial charge in [-0.05, 0) is 31.5 Å². The number of pyridine rings is 2. The molecule has 2 amide bonds. The first kappa shape index (κ1) is 22.2. The molecule has 0 aromatic carbocycles. The highest BCUT2D eigenvalue weighted by molar-refractivity contribution is 6.30. The second-order valence-electron chi connectivity index (χ2n) is 7.47. The molecular formula is C21H19ClN8O3. The normalized spacial score (nSPS) is 17.5. The number of nitriles is 1. The minimum Gasteiger partial charge on any atom is -0.441 e. The van der Waals surface area contributed by atoms with Crippen molar-refractivity contribution >= 4 is 35.1 Å². The van der Waals surface area contributed by atoms with Crippen molar-refractivity contribution in [1.29, 1.82) is 5.26 Å². The minimum atomic E-state index is -0.727. The summed E-state index contributed by atoms with van der Waals surface area (Å²) in [6.07, 6.45) is 2.23. The Morgan fingerprint density at radius 3 is 2.79 bits per heavy atom. The summed E-state index contributed by atoms with van der Waals surface area (Å²) in [5.41, 5.74) is 1.82. The van der Waals surface area contributed by atoms with Crippen molar-refractivity contribution in [2.24, 2.45) is 18.9 Å². The van der Waals surface area contributed by atoms with Gasteiger partial charge >= 0.3 is 6.09 Å². The third-order valence-corrected chi connectivity index (χ3v) is 5.44. The van der Waals surface area contributed by atoms with E-state index >= 15 is 0 Å². The van der Waals surface area contributed by atoms with Crippen LogP contribution in [0.15, 0.2) is 36.7 Å². The van der Waals surface area contributed by atoms with Gasteiger partial charge < -0.3 is 10.1 Å². The molecule has 0 aliphatic heterocycles. The summed E-state index contributed by atoms with van der Waals surface area (Å²) in [6.45, 7) is 1.68. The van der Waals surface area contributed by atoms with E-state index in [1.165, 1.54) is 10.9 Å². The quantitative estimate of drug-likeness (QED) is 0.525. The monoisotopic (exact) mass is 466 g/mol. The number of hydrogen-bond acceptors (Lipinski definition) is 8. The van der Waals surface area contributed by atoms with Crippen LogP contribution in [0.1, 0.15) is 25.0 Å². The Hall–Kier alpha value is -4.04. The third-order valence-electron chi connectivity index (χ3n) is 5.12. The summed E-state index contributed by atoms with van der Waals surface area (Å²) in [4.78, 5) is 32.9. The summed E-state index contributed by atoms with van der Waals surface area (Å²) < 4.78 is 6.79. The van der Waals surface area contributed by atoms with Crippen LogP contribution in [-0.4, -0.2) is 37.0 Å². The van der Waals surface area contributed by atoms with Crippen molar-refractivity contribution in [3.8, 4) is 17.5 Å². The van der Waals surface area contributed by atoms with Crippen LogP contribution in [-0.2, 0) is 16.6 Å². The highest BCUT2D eigenvalue weighted by Crippen LogP contribution is 2.38. The van der Waals surface area contributed by atoms with E-state index in [0.717, 1.165) is 0 Å².